The lowest BCUT2D eigenvalue weighted by atomic mass is 10.1. The van der Waals surface area contributed by atoms with Crippen LogP contribution in [0.15, 0.2) is 97.1 Å². The molecule has 0 N–H and O–H groups in total. The van der Waals surface area contributed by atoms with Crippen LogP contribution in [0.5, 0.6) is 11.5 Å². The fraction of sp³-hybridized carbons (Fsp3) is 0.200. The standard InChI is InChI=1S/C40H38O2/c1-3-5-31-41-39-27-23-37(24-28-39)21-19-35-15-11-33(12-16-35)9-7-8-10-34-13-17-36(18-14-34)20-22-38-25-29-40(30-26-38)42-32-6-4-2/h11-30H,3-6,31-32H2,1-2H3/b21-19-,22-20-. The quantitative estimate of drug-likeness (QED) is 0.0993. The topological polar surface area (TPSA) is 18.5 Å². The maximum absolute atomic E-state index is 5.73. The van der Waals surface area contributed by atoms with Crippen LogP contribution in [0.1, 0.15) is 72.9 Å². The molecule has 0 atom stereocenters. The summed E-state index contributed by atoms with van der Waals surface area (Å²) in [5.74, 6) is 14.0. The third-order valence-electron chi connectivity index (χ3n) is 6.53. The molecule has 0 unspecified atom stereocenters. The van der Waals surface area contributed by atoms with Crippen molar-refractivity contribution in [2.45, 2.75) is 39.5 Å². The van der Waals surface area contributed by atoms with Crippen molar-refractivity contribution in [1.29, 1.82) is 0 Å². The predicted octanol–water partition coefficient (Wildman–Crippen LogP) is 9.79. The van der Waals surface area contributed by atoms with Gasteiger partial charge in [-0.1, -0.05) is 111 Å². The normalized spacial score (nSPS) is 10.6. The number of hydrogen-bond acceptors (Lipinski definition) is 2. The highest BCUT2D eigenvalue weighted by atomic mass is 16.5. The minimum absolute atomic E-state index is 0.768. The van der Waals surface area contributed by atoms with Gasteiger partial charge in [0, 0.05) is 11.1 Å². The van der Waals surface area contributed by atoms with E-state index in [1.54, 1.807) is 0 Å². The second-order valence-electron chi connectivity index (χ2n) is 9.95. The van der Waals surface area contributed by atoms with Crippen LogP contribution in [0, 0.1) is 23.7 Å². The van der Waals surface area contributed by atoms with Crippen LogP contribution in [-0.4, -0.2) is 13.2 Å². The summed E-state index contributed by atoms with van der Waals surface area (Å²) < 4.78 is 11.5. The molecule has 0 bridgehead atoms. The summed E-state index contributed by atoms with van der Waals surface area (Å²) in [5.41, 5.74) is 6.40. The van der Waals surface area contributed by atoms with Gasteiger partial charge in [0.2, 0.25) is 0 Å². The molecule has 0 saturated carbocycles. The van der Waals surface area contributed by atoms with Gasteiger partial charge in [-0.15, -0.1) is 0 Å². The van der Waals surface area contributed by atoms with Gasteiger partial charge in [-0.05, 0) is 95.5 Å². The van der Waals surface area contributed by atoms with E-state index in [1.807, 2.05) is 48.5 Å². The summed E-state index contributed by atoms with van der Waals surface area (Å²) >= 11 is 0. The maximum Gasteiger partial charge on any atom is 0.119 e. The molecule has 4 aromatic rings. The van der Waals surface area contributed by atoms with E-state index < -0.39 is 0 Å². The van der Waals surface area contributed by atoms with Crippen molar-refractivity contribution in [3.63, 3.8) is 0 Å². The van der Waals surface area contributed by atoms with Crippen LogP contribution >= 0.6 is 0 Å². The van der Waals surface area contributed by atoms with Crippen LogP contribution in [0.2, 0.25) is 0 Å². The Morgan fingerprint density at radius 1 is 0.452 bits per heavy atom. The van der Waals surface area contributed by atoms with Crippen molar-refractivity contribution in [3.05, 3.63) is 130 Å². The molecule has 210 valence electrons. The Morgan fingerprint density at radius 2 is 0.762 bits per heavy atom. The molecular formula is C40H38O2. The van der Waals surface area contributed by atoms with Crippen LogP contribution in [-0.2, 0) is 0 Å². The molecule has 0 aromatic heterocycles. The first kappa shape index (κ1) is 30.0. The minimum atomic E-state index is 0.768. The second-order valence-corrected chi connectivity index (χ2v) is 9.95. The average Bonchev–Trinajstić information content (AvgIpc) is 3.04. The van der Waals surface area contributed by atoms with Crippen LogP contribution < -0.4 is 9.47 Å². The van der Waals surface area contributed by atoms with E-state index in [2.05, 4.69) is 110 Å². The highest BCUT2D eigenvalue weighted by Crippen LogP contribution is 2.17. The number of unbranched alkanes of at least 4 members (excludes halogenated alkanes) is 2. The zero-order chi connectivity index (χ0) is 29.2. The fourth-order valence-electron chi connectivity index (χ4n) is 3.97. The zero-order valence-corrected chi connectivity index (χ0v) is 24.6. The highest BCUT2D eigenvalue weighted by Gasteiger charge is 1.96. The minimum Gasteiger partial charge on any atom is -0.494 e. The molecule has 4 aromatic carbocycles. The molecule has 0 radical (unpaired) electrons. The van der Waals surface area contributed by atoms with Crippen molar-refractivity contribution in [2.75, 3.05) is 13.2 Å². The van der Waals surface area contributed by atoms with Gasteiger partial charge < -0.3 is 9.47 Å². The lowest BCUT2D eigenvalue weighted by Crippen LogP contribution is -1.95. The van der Waals surface area contributed by atoms with E-state index in [0.29, 0.717) is 0 Å². The summed E-state index contributed by atoms with van der Waals surface area (Å²) in [6.45, 7) is 5.87. The van der Waals surface area contributed by atoms with E-state index in [1.165, 1.54) is 0 Å². The van der Waals surface area contributed by atoms with Gasteiger partial charge >= 0.3 is 0 Å². The summed E-state index contributed by atoms with van der Waals surface area (Å²) in [4.78, 5) is 0. The molecule has 0 saturated heterocycles. The molecule has 0 aliphatic rings. The molecule has 0 amide bonds. The molecule has 42 heavy (non-hydrogen) atoms. The third kappa shape index (κ3) is 10.6. The molecule has 0 aliphatic carbocycles. The van der Waals surface area contributed by atoms with Crippen LogP contribution in [0.25, 0.3) is 24.3 Å². The summed E-state index contributed by atoms with van der Waals surface area (Å²) in [6, 6.07) is 32.7. The predicted molar refractivity (Wildman–Crippen MR) is 178 cm³/mol. The van der Waals surface area contributed by atoms with E-state index in [0.717, 1.165) is 83.8 Å². The van der Waals surface area contributed by atoms with Crippen molar-refractivity contribution in [1.82, 2.24) is 0 Å². The van der Waals surface area contributed by atoms with Crippen molar-refractivity contribution < 1.29 is 9.47 Å². The van der Waals surface area contributed by atoms with Gasteiger partial charge in [0.25, 0.3) is 0 Å². The van der Waals surface area contributed by atoms with E-state index in [4.69, 9.17) is 9.47 Å². The first-order valence-electron chi connectivity index (χ1n) is 14.8. The van der Waals surface area contributed by atoms with E-state index >= 15 is 0 Å². The molecular weight excluding hydrogens is 512 g/mol. The number of rotatable bonds is 12. The molecule has 0 heterocycles. The Bertz CT molecular complexity index is 1430. The average molecular weight is 551 g/mol. The SMILES string of the molecule is CCCCOc1ccc(/C=C\c2ccc(C#CC#Cc3ccc(/C=C\c4ccc(OCCCC)cc4)cc3)cc2)cc1. The Hall–Kier alpha value is -4.92. The highest BCUT2D eigenvalue weighted by molar-refractivity contribution is 5.71. The van der Waals surface area contributed by atoms with Crippen LogP contribution in [0.3, 0.4) is 0 Å². The smallest absolute Gasteiger partial charge is 0.119 e. The Labute approximate surface area is 251 Å². The lowest BCUT2D eigenvalue weighted by molar-refractivity contribution is 0.309. The lowest BCUT2D eigenvalue weighted by Gasteiger charge is -2.05. The van der Waals surface area contributed by atoms with Gasteiger partial charge in [-0.2, -0.15) is 0 Å². The van der Waals surface area contributed by atoms with Crippen molar-refractivity contribution in [3.8, 4) is 35.2 Å². The van der Waals surface area contributed by atoms with Gasteiger partial charge in [-0.3, -0.25) is 0 Å². The number of hydrogen-bond donors (Lipinski definition) is 0. The number of benzene rings is 4. The van der Waals surface area contributed by atoms with E-state index in [-0.39, 0.29) is 0 Å². The monoisotopic (exact) mass is 550 g/mol. The molecule has 2 heteroatoms. The van der Waals surface area contributed by atoms with Gasteiger partial charge in [0.15, 0.2) is 0 Å². The molecule has 0 spiro atoms. The molecule has 4 rings (SSSR count). The summed E-state index contributed by atoms with van der Waals surface area (Å²) in [5, 5.41) is 0. The first-order chi connectivity index (χ1) is 20.7. The summed E-state index contributed by atoms with van der Waals surface area (Å²) in [6.07, 6.45) is 12.8. The number of ether oxygens (including phenoxy) is 2. The van der Waals surface area contributed by atoms with Gasteiger partial charge in [-0.25, -0.2) is 0 Å². The van der Waals surface area contributed by atoms with Crippen molar-refractivity contribution >= 4 is 24.3 Å². The third-order valence-corrected chi connectivity index (χ3v) is 6.53. The molecule has 2 nitrogen and oxygen atoms in total. The maximum atomic E-state index is 5.73. The Balaban J connectivity index is 1.25. The summed E-state index contributed by atoms with van der Waals surface area (Å²) in [7, 11) is 0. The Kier molecular flexibility index (Phi) is 12.2. The fourth-order valence-corrected chi connectivity index (χ4v) is 3.97. The first-order valence-corrected chi connectivity index (χ1v) is 14.8. The van der Waals surface area contributed by atoms with Gasteiger partial charge in [0.05, 0.1) is 13.2 Å². The zero-order valence-electron chi connectivity index (χ0n) is 24.6. The second kappa shape index (κ2) is 17.0. The molecule has 0 fully saturated rings. The molecule has 0 aliphatic heterocycles. The van der Waals surface area contributed by atoms with Gasteiger partial charge in [0.1, 0.15) is 11.5 Å². The van der Waals surface area contributed by atoms with Crippen molar-refractivity contribution in [2.24, 2.45) is 0 Å². The van der Waals surface area contributed by atoms with E-state index in [9.17, 15) is 0 Å². The van der Waals surface area contributed by atoms with Crippen LogP contribution in [0.4, 0.5) is 0 Å². The Morgan fingerprint density at radius 3 is 1.07 bits per heavy atom. The largest absolute Gasteiger partial charge is 0.494 e.